The highest BCUT2D eigenvalue weighted by Gasteiger charge is 2.55. The number of hydrogen-bond donors (Lipinski definition) is 14. The summed E-state index contributed by atoms with van der Waals surface area (Å²) in [7, 11) is 0. The van der Waals surface area contributed by atoms with Crippen LogP contribution in [-0.2, 0) is 33.2 Å². The predicted octanol–water partition coefficient (Wildman–Crippen LogP) is -8.81. The Labute approximate surface area is 260 Å². The van der Waals surface area contributed by atoms with E-state index in [4.69, 9.17) is 33.2 Å². The summed E-state index contributed by atoms with van der Waals surface area (Å²) in [5.41, 5.74) is 0. The molecule has 45 heavy (non-hydrogen) atoms. The minimum Gasteiger partial charge on any atom is -0.394 e. The summed E-state index contributed by atoms with van der Waals surface area (Å²) in [6, 6.07) is 0. The highest BCUT2D eigenvalue weighted by atomic mass is 32.1. The van der Waals surface area contributed by atoms with Gasteiger partial charge in [-0.05, 0) is 0 Å². The third-order valence-electron chi connectivity index (χ3n) is 8.20. The maximum absolute atomic E-state index is 10.9. The third-order valence-corrected chi connectivity index (χ3v) is 8.56. The van der Waals surface area contributed by atoms with Crippen molar-refractivity contribution in [3.05, 3.63) is 0 Å². The Kier molecular flexibility index (Phi) is 13.2. The number of hydrogen-bond acceptors (Lipinski definition) is 21. The lowest BCUT2D eigenvalue weighted by atomic mass is 9.95. The molecule has 4 saturated heterocycles. The Balaban J connectivity index is 1.43. The normalized spacial score (nSPS) is 52.9. The molecule has 0 radical (unpaired) electrons. The van der Waals surface area contributed by atoms with Gasteiger partial charge in [0.2, 0.25) is 0 Å². The van der Waals surface area contributed by atoms with Crippen LogP contribution in [0.15, 0.2) is 0 Å². The minimum atomic E-state index is -1.99. The predicted molar refractivity (Wildman–Crippen MR) is 141 cm³/mol. The fraction of sp³-hybridized carbons (Fsp3) is 1.00. The van der Waals surface area contributed by atoms with Crippen molar-refractivity contribution >= 4 is 12.6 Å². The van der Waals surface area contributed by atoms with Gasteiger partial charge in [0.05, 0.1) is 25.9 Å². The Morgan fingerprint density at radius 2 is 0.733 bits per heavy atom. The van der Waals surface area contributed by atoms with E-state index in [1.165, 1.54) is 0 Å². The molecule has 20 nitrogen and oxygen atoms in total. The molecule has 4 rings (SSSR count). The number of aliphatic hydroxyl groups is 13. The molecule has 4 heterocycles. The molecule has 0 saturated carbocycles. The van der Waals surface area contributed by atoms with Crippen LogP contribution in [0.1, 0.15) is 0 Å². The van der Waals surface area contributed by atoms with E-state index in [1.54, 1.807) is 0 Å². The van der Waals surface area contributed by atoms with Crippen LogP contribution in [0, 0.1) is 0 Å². The van der Waals surface area contributed by atoms with E-state index in [1.807, 2.05) is 0 Å². The van der Waals surface area contributed by atoms with Gasteiger partial charge in [-0.25, -0.2) is 0 Å². The van der Waals surface area contributed by atoms with Gasteiger partial charge in [-0.3, -0.25) is 0 Å². The maximum Gasteiger partial charge on any atom is 0.187 e. The highest BCUT2D eigenvalue weighted by molar-refractivity contribution is 7.80. The Bertz CT molecular complexity index is 916. The van der Waals surface area contributed by atoms with Gasteiger partial charge in [0.1, 0.15) is 91.6 Å². The summed E-state index contributed by atoms with van der Waals surface area (Å²) in [4.78, 5) is 0. The van der Waals surface area contributed by atoms with Crippen molar-refractivity contribution in [1.29, 1.82) is 0 Å². The van der Waals surface area contributed by atoms with Crippen LogP contribution in [-0.4, -0.2) is 215 Å². The van der Waals surface area contributed by atoms with Crippen molar-refractivity contribution in [2.45, 2.75) is 123 Å². The first-order valence-electron chi connectivity index (χ1n) is 14.1. The first-order valence-corrected chi connectivity index (χ1v) is 14.7. The molecule has 0 amide bonds. The Morgan fingerprint density at radius 3 is 1.11 bits per heavy atom. The van der Waals surface area contributed by atoms with Crippen molar-refractivity contribution < 1.29 is 99.5 Å². The van der Waals surface area contributed by atoms with Crippen LogP contribution in [0.3, 0.4) is 0 Å². The second-order valence-electron chi connectivity index (χ2n) is 11.1. The fourth-order valence-corrected chi connectivity index (χ4v) is 5.85. The molecule has 4 fully saturated rings. The van der Waals surface area contributed by atoms with Gasteiger partial charge in [-0.2, -0.15) is 12.6 Å². The number of thiol groups is 1. The molecule has 0 aromatic heterocycles. The quantitative estimate of drug-likeness (QED) is 0.0951. The number of ether oxygens (including phenoxy) is 7. The molecule has 0 aromatic rings. The van der Waals surface area contributed by atoms with Crippen molar-refractivity contribution in [1.82, 2.24) is 0 Å². The largest absolute Gasteiger partial charge is 0.394 e. The van der Waals surface area contributed by atoms with Crippen molar-refractivity contribution in [2.75, 3.05) is 25.6 Å². The van der Waals surface area contributed by atoms with Gasteiger partial charge in [0, 0.05) is 5.75 Å². The van der Waals surface area contributed by atoms with Crippen LogP contribution in [0.25, 0.3) is 0 Å². The van der Waals surface area contributed by atoms with Gasteiger partial charge < -0.3 is 99.5 Å². The monoisotopic (exact) mass is 682 g/mol. The van der Waals surface area contributed by atoms with Crippen LogP contribution >= 0.6 is 12.6 Å². The zero-order valence-corrected chi connectivity index (χ0v) is 24.4. The molecule has 0 unspecified atom stereocenters. The lowest BCUT2D eigenvalue weighted by Crippen LogP contribution is -2.67. The molecule has 13 N–H and O–H groups in total. The Morgan fingerprint density at radius 1 is 0.400 bits per heavy atom. The molecule has 20 atom stereocenters. The van der Waals surface area contributed by atoms with E-state index >= 15 is 0 Å². The van der Waals surface area contributed by atoms with Gasteiger partial charge in [-0.15, -0.1) is 0 Å². The van der Waals surface area contributed by atoms with E-state index in [9.17, 15) is 66.4 Å². The van der Waals surface area contributed by atoms with E-state index < -0.39 is 143 Å². The molecular weight excluding hydrogens is 640 g/mol. The highest BCUT2D eigenvalue weighted by Crippen LogP contribution is 2.34. The second-order valence-corrected chi connectivity index (χ2v) is 11.5. The molecule has 0 aliphatic carbocycles. The first-order chi connectivity index (χ1) is 21.3. The van der Waals surface area contributed by atoms with Gasteiger partial charge in [0.15, 0.2) is 25.2 Å². The molecular formula is C24H42O20S. The minimum absolute atomic E-state index is 0.0891. The zero-order chi connectivity index (χ0) is 33.3. The van der Waals surface area contributed by atoms with E-state index in [2.05, 4.69) is 12.6 Å². The second kappa shape index (κ2) is 15.8. The maximum atomic E-state index is 10.9. The summed E-state index contributed by atoms with van der Waals surface area (Å²) in [6.07, 6.45) is -34.2. The van der Waals surface area contributed by atoms with E-state index in [-0.39, 0.29) is 5.75 Å². The molecule has 0 bridgehead atoms. The van der Waals surface area contributed by atoms with Crippen molar-refractivity contribution in [3.63, 3.8) is 0 Å². The van der Waals surface area contributed by atoms with Gasteiger partial charge >= 0.3 is 0 Å². The van der Waals surface area contributed by atoms with Crippen LogP contribution in [0.2, 0.25) is 0 Å². The lowest BCUT2D eigenvalue weighted by Gasteiger charge is -2.49. The van der Waals surface area contributed by atoms with Crippen LogP contribution < -0.4 is 0 Å². The summed E-state index contributed by atoms with van der Waals surface area (Å²) < 4.78 is 38.0. The van der Waals surface area contributed by atoms with Crippen molar-refractivity contribution in [3.8, 4) is 0 Å². The average molecular weight is 683 g/mol. The molecule has 4 aliphatic heterocycles. The SMILES string of the molecule is OC[C@H]1O[C@H](O)[C@H](O)[C@@H](O)[C@@H]1O[C@H]1O[C@H](CO)[C@@H](O[C@H]2O[C@H](CO)[C@@H](O[C@H]3O[C@H](CS)[C@@H](O)[C@H](O)[C@H]3O)[C@H](O)[C@H]2O)[C@H](O)[C@H]1O. The van der Waals surface area contributed by atoms with Crippen LogP contribution in [0.4, 0.5) is 0 Å². The van der Waals surface area contributed by atoms with Gasteiger partial charge in [-0.1, -0.05) is 0 Å². The average Bonchev–Trinajstić information content (AvgIpc) is 3.03. The van der Waals surface area contributed by atoms with Gasteiger partial charge in [0.25, 0.3) is 0 Å². The number of rotatable bonds is 10. The summed E-state index contributed by atoms with van der Waals surface area (Å²) in [5.74, 6) is -0.0891. The summed E-state index contributed by atoms with van der Waals surface area (Å²) in [5, 5.41) is 133. The zero-order valence-electron chi connectivity index (χ0n) is 23.5. The molecule has 4 aliphatic rings. The molecule has 21 heteroatoms. The topological polar surface area (TPSA) is 328 Å². The van der Waals surface area contributed by atoms with E-state index in [0.29, 0.717) is 0 Å². The fourth-order valence-electron chi connectivity index (χ4n) is 5.55. The summed E-state index contributed by atoms with van der Waals surface area (Å²) >= 11 is 4.00. The molecule has 0 aromatic carbocycles. The van der Waals surface area contributed by atoms with E-state index in [0.717, 1.165) is 0 Å². The third kappa shape index (κ3) is 7.59. The molecule has 0 spiro atoms. The molecule has 264 valence electrons. The van der Waals surface area contributed by atoms with Crippen LogP contribution in [0.5, 0.6) is 0 Å². The lowest BCUT2D eigenvalue weighted by molar-refractivity contribution is -0.386. The Hall–Kier alpha value is -0.450. The van der Waals surface area contributed by atoms with Crippen molar-refractivity contribution in [2.24, 2.45) is 0 Å². The first kappa shape index (κ1) is 37.4. The number of aliphatic hydroxyl groups excluding tert-OH is 13. The smallest absolute Gasteiger partial charge is 0.187 e. The standard InChI is InChI=1S/C24H42O20S/c25-1-5-18(11(30)14(33)21(37)38-5)42-23-16(35)13(32)20(7(3-27)39-23)44-24-17(36)12(31)19(6(2-26)40-24)43-22-15(34)10(29)9(28)8(4-45)41-22/h5-37,45H,1-4H2/t5-,6-,7-,8-,9-,10+,11-,12-,13-,14-,15-,16-,17-,18-,19-,20-,21+,22-,23-,24-/m1/s1. The summed E-state index contributed by atoms with van der Waals surface area (Å²) in [6.45, 7) is -2.55.